The Labute approximate surface area is 112 Å². The van der Waals surface area contributed by atoms with Crippen molar-refractivity contribution in [3.8, 4) is 5.75 Å². The number of anilines is 1. The minimum absolute atomic E-state index is 0.369. The van der Waals surface area contributed by atoms with Gasteiger partial charge in [0.2, 0.25) is 5.95 Å². The maximum absolute atomic E-state index is 5.69. The number of rotatable bonds is 2. The molecule has 0 aliphatic carbocycles. The summed E-state index contributed by atoms with van der Waals surface area (Å²) in [5, 5.41) is 4.27. The number of methoxy groups -OCH3 is 1. The lowest BCUT2D eigenvalue weighted by Crippen LogP contribution is -2.22. The normalized spacial score (nSPS) is 22.0. The Balaban J connectivity index is 1.91. The molecule has 0 saturated heterocycles. The SMILES string of the molecule is COc1cccc(C2CC(C)c3nc(N)nn3C2)c1. The van der Waals surface area contributed by atoms with E-state index in [4.69, 9.17) is 10.5 Å². The maximum Gasteiger partial charge on any atom is 0.239 e. The summed E-state index contributed by atoms with van der Waals surface area (Å²) >= 11 is 0. The van der Waals surface area contributed by atoms with Crippen LogP contribution in [0.2, 0.25) is 0 Å². The van der Waals surface area contributed by atoms with E-state index < -0.39 is 0 Å². The van der Waals surface area contributed by atoms with Gasteiger partial charge in [0.15, 0.2) is 0 Å². The fourth-order valence-electron chi connectivity index (χ4n) is 2.82. The van der Waals surface area contributed by atoms with Gasteiger partial charge in [-0.25, -0.2) is 4.68 Å². The summed E-state index contributed by atoms with van der Waals surface area (Å²) in [5.74, 6) is 3.06. The van der Waals surface area contributed by atoms with Crippen LogP contribution in [0.15, 0.2) is 24.3 Å². The number of ether oxygens (including phenoxy) is 1. The Bertz CT molecular complexity index is 593. The van der Waals surface area contributed by atoms with Crippen LogP contribution in [0.3, 0.4) is 0 Å². The van der Waals surface area contributed by atoms with Gasteiger partial charge in [-0.1, -0.05) is 19.1 Å². The number of aromatic nitrogens is 3. The largest absolute Gasteiger partial charge is 0.497 e. The highest BCUT2D eigenvalue weighted by molar-refractivity contribution is 5.32. The first-order valence-electron chi connectivity index (χ1n) is 6.51. The molecule has 2 unspecified atom stereocenters. The van der Waals surface area contributed by atoms with Crippen LogP contribution in [-0.2, 0) is 6.54 Å². The lowest BCUT2D eigenvalue weighted by atomic mass is 9.86. The van der Waals surface area contributed by atoms with Crippen LogP contribution in [0.4, 0.5) is 5.95 Å². The van der Waals surface area contributed by atoms with Gasteiger partial charge in [0.1, 0.15) is 11.6 Å². The Morgan fingerprint density at radius 1 is 1.42 bits per heavy atom. The quantitative estimate of drug-likeness (QED) is 0.896. The van der Waals surface area contributed by atoms with E-state index in [9.17, 15) is 0 Å². The van der Waals surface area contributed by atoms with E-state index in [0.717, 1.165) is 24.5 Å². The second-order valence-corrected chi connectivity index (χ2v) is 5.12. The third kappa shape index (κ3) is 2.16. The third-order valence-electron chi connectivity index (χ3n) is 3.75. The molecule has 1 aliphatic rings. The van der Waals surface area contributed by atoms with Crippen molar-refractivity contribution in [1.82, 2.24) is 14.8 Å². The number of benzene rings is 1. The zero-order valence-corrected chi connectivity index (χ0v) is 11.2. The summed E-state index contributed by atoms with van der Waals surface area (Å²) in [7, 11) is 1.69. The summed E-state index contributed by atoms with van der Waals surface area (Å²) in [4.78, 5) is 4.30. The number of nitrogen functional groups attached to an aromatic ring is 1. The van der Waals surface area contributed by atoms with E-state index in [0.29, 0.717) is 17.8 Å². The van der Waals surface area contributed by atoms with Crippen molar-refractivity contribution in [1.29, 1.82) is 0 Å². The number of hydrogen-bond donors (Lipinski definition) is 1. The first kappa shape index (κ1) is 12.0. The van der Waals surface area contributed by atoms with Gasteiger partial charge in [0, 0.05) is 18.4 Å². The molecule has 2 N–H and O–H groups in total. The zero-order chi connectivity index (χ0) is 13.4. The summed E-state index contributed by atoms with van der Waals surface area (Å²) in [5.41, 5.74) is 6.97. The van der Waals surface area contributed by atoms with Crippen molar-refractivity contribution in [3.05, 3.63) is 35.7 Å². The van der Waals surface area contributed by atoms with Crippen LogP contribution in [0.1, 0.15) is 36.6 Å². The first-order chi connectivity index (χ1) is 9.17. The molecule has 2 atom stereocenters. The van der Waals surface area contributed by atoms with Crippen LogP contribution in [0.25, 0.3) is 0 Å². The van der Waals surface area contributed by atoms with E-state index in [-0.39, 0.29) is 0 Å². The molecule has 2 heterocycles. The van der Waals surface area contributed by atoms with Gasteiger partial charge in [-0.3, -0.25) is 0 Å². The van der Waals surface area contributed by atoms with Crippen LogP contribution >= 0.6 is 0 Å². The van der Waals surface area contributed by atoms with E-state index in [1.807, 2.05) is 16.8 Å². The van der Waals surface area contributed by atoms with Crippen molar-refractivity contribution in [2.24, 2.45) is 0 Å². The van der Waals surface area contributed by atoms with E-state index in [2.05, 4.69) is 29.1 Å². The Morgan fingerprint density at radius 2 is 2.26 bits per heavy atom. The van der Waals surface area contributed by atoms with Crippen molar-refractivity contribution >= 4 is 5.95 Å². The number of nitrogens with two attached hydrogens (primary N) is 1. The molecule has 0 fully saturated rings. The number of hydrogen-bond acceptors (Lipinski definition) is 4. The molecule has 0 radical (unpaired) electrons. The molecule has 1 aliphatic heterocycles. The number of nitrogens with zero attached hydrogens (tertiary/aromatic N) is 3. The minimum atomic E-state index is 0.369. The lowest BCUT2D eigenvalue weighted by molar-refractivity contribution is 0.379. The Hall–Kier alpha value is -2.04. The highest BCUT2D eigenvalue weighted by atomic mass is 16.5. The molecule has 19 heavy (non-hydrogen) atoms. The fourth-order valence-corrected chi connectivity index (χ4v) is 2.82. The monoisotopic (exact) mass is 258 g/mol. The molecule has 0 spiro atoms. The van der Waals surface area contributed by atoms with Gasteiger partial charge >= 0.3 is 0 Å². The predicted molar refractivity (Wildman–Crippen MR) is 73.2 cm³/mol. The molecule has 0 amide bonds. The molecule has 5 heteroatoms. The van der Waals surface area contributed by atoms with Gasteiger partial charge in [0.05, 0.1) is 7.11 Å². The van der Waals surface area contributed by atoms with E-state index >= 15 is 0 Å². The second kappa shape index (κ2) is 4.57. The summed E-state index contributed by atoms with van der Waals surface area (Å²) in [6, 6.07) is 8.24. The van der Waals surface area contributed by atoms with Crippen molar-refractivity contribution in [2.75, 3.05) is 12.8 Å². The molecular weight excluding hydrogens is 240 g/mol. The Kier molecular flexibility index (Phi) is 2.89. The molecule has 0 saturated carbocycles. The lowest BCUT2D eigenvalue weighted by Gasteiger charge is -2.27. The summed E-state index contributed by atoms with van der Waals surface area (Å²) in [6.07, 6.45) is 1.06. The van der Waals surface area contributed by atoms with Crippen LogP contribution in [0, 0.1) is 0 Å². The second-order valence-electron chi connectivity index (χ2n) is 5.12. The van der Waals surface area contributed by atoms with Gasteiger partial charge < -0.3 is 10.5 Å². The maximum atomic E-state index is 5.69. The van der Waals surface area contributed by atoms with Crippen molar-refractivity contribution < 1.29 is 4.74 Å². The molecule has 1 aromatic heterocycles. The number of fused-ring (bicyclic) bond motifs is 1. The standard InChI is InChI=1S/C14H18N4O/c1-9-6-11(8-18-13(9)16-14(15)17-18)10-4-3-5-12(7-10)19-2/h3-5,7,9,11H,6,8H2,1-2H3,(H2,15,17). The summed E-state index contributed by atoms with van der Waals surface area (Å²) in [6.45, 7) is 3.00. The van der Waals surface area contributed by atoms with Gasteiger partial charge in [0.25, 0.3) is 0 Å². The molecule has 1 aromatic carbocycles. The average molecular weight is 258 g/mol. The minimum Gasteiger partial charge on any atom is -0.497 e. The third-order valence-corrected chi connectivity index (χ3v) is 3.75. The molecular formula is C14H18N4O. The molecule has 3 rings (SSSR count). The van der Waals surface area contributed by atoms with Crippen LogP contribution in [-0.4, -0.2) is 21.9 Å². The van der Waals surface area contributed by atoms with Gasteiger partial charge in [-0.05, 0) is 24.1 Å². The van der Waals surface area contributed by atoms with E-state index in [1.54, 1.807) is 7.11 Å². The predicted octanol–water partition coefficient (Wildman–Crippen LogP) is 2.16. The summed E-state index contributed by atoms with van der Waals surface area (Å²) < 4.78 is 7.23. The topological polar surface area (TPSA) is 66.0 Å². The highest BCUT2D eigenvalue weighted by Gasteiger charge is 2.28. The average Bonchev–Trinajstić information content (AvgIpc) is 2.80. The Morgan fingerprint density at radius 3 is 3.05 bits per heavy atom. The first-order valence-corrected chi connectivity index (χ1v) is 6.51. The molecule has 100 valence electrons. The van der Waals surface area contributed by atoms with Gasteiger partial charge in [-0.2, -0.15) is 4.98 Å². The highest BCUT2D eigenvalue weighted by Crippen LogP contribution is 2.36. The zero-order valence-electron chi connectivity index (χ0n) is 11.2. The fraction of sp³-hybridized carbons (Fsp3) is 0.429. The smallest absolute Gasteiger partial charge is 0.239 e. The van der Waals surface area contributed by atoms with E-state index in [1.165, 1.54) is 5.56 Å². The molecule has 5 nitrogen and oxygen atoms in total. The van der Waals surface area contributed by atoms with Crippen LogP contribution < -0.4 is 10.5 Å². The van der Waals surface area contributed by atoms with Crippen molar-refractivity contribution in [2.45, 2.75) is 31.7 Å². The molecule has 0 bridgehead atoms. The molecule has 2 aromatic rings. The van der Waals surface area contributed by atoms with Gasteiger partial charge in [-0.15, -0.1) is 5.10 Å². The van der Waals surface area contributed by atoms with Crippen LogP contribution in [0.5, 0.6) is 5.75 Å². The van der Waals surface area contributed by atoms with Crippen molar-refractivity contribution in [3.63, 3.8) is 0 Å².